The first-order valence-corrected chi connectivity index (χ1v) is 17.8. The van der Waals surface area contributed by atoms with E-state index in [0.29, 0.717) is 53.1 Å². The molecule has 5 aromatic rings. The van der Waals surface area contributed by atoms with Gasteiger partial charge in [0.05, 0.1) is 5.56 Å². The van der Waals surface area contributed by atoms with Crippen LogP contribution in [-0.4, -0.2) is 58.5 Å². The fourth-order valence-corrected chi connectivity index (χ4v) is 7.43. The molecule has 0 unspecified atom stereocenters. The third-order valence-electron chi connectivity index (χ3n) is 9.91. The SMILES string of the molecule is CC(=O)NCCCC[C@H](NC(=O)OCC1c2ccccc2-c2ccccc21)C(=O)O.O=C1OC2(c3ccc(O)cc3Oc3cc(O)ccc32)c2ccccc21. The molecule has 5 N–H and O–H groups in total. The molecule has 12 nitrogen and oxygen atoms in total. The number of esters is 1. The Labute approximate surface area is 316 Å². The molecule has 1 aliphatic carbocycles. The standard InChI is InChI=1S/C23H26N2O5.C20H12O5/c1-15(26)24-13-7-6-12-21(22(27)28)25-23(29)30-14-20-18-10-4-2-8-16(18)17-9-3-5-11-19(17)20;21-11-5-7-15-17(9-11)24-18-10-12(22)6-8-16(18)20(15)14-4-2-1-3-13(14)19(23)25-20/h2-5,8-11,20-21H,6-7,12-14H2,1H3,(H,24,26)(H,25,29)(H,27,28);1-10,21-22H/t21-;/m0./s1. The highest BCUT2D eigenvalue weighted by Gasteiger charge is 2.53. The highest BCUT2D eigenvalue weighted by atomic mass is 16.6. The van der Waals surface area contributed by atoms with Crippen molar-refractivity contribution >= 4 is 23.9 Å². The van der Waals surface area contributed by atoms with Gasteiger partial charge >= 0.3 is 18.0 Å². The lowest BCUT2D eigenvalue weighted by atomic mass is 9.77. The summed E-state index contributed by atoms with van der Waals surface area (Å²) in [6, 6.07) is 31.6. The van der Waals surface area contributed by atoms with Crippen molar-refractivity contribution in [2.24, 2.45) is 0 Å². The zero-order chi connectivity index (χ0) is 38.7. The van der Waals surface area contributed by atoms with Gasteiger partial charge in [-0.15, -0.1) is 0 Å². The fourth-order valence-electron chi connectivity index (χ4n) is 7.43. The van der Waals surface area contributed by atoms with Crippen LogP contribution in [0, 0.1) is 0 Å². The average Bonchev–Trinajstić information content (AvgIpc) is 3.65. The number of carboxylic acid groups (broad SMARTS) is 1. The molecule has 0 radical (unpaired) electrons. The Hall–Kier alpha value is -6.82. The van der Waals surface area contributed by atoms with Crippen molar-refractivity contribution in [2.45, 2.75) is 43.7 Å². The number of phenolic OH excluding ortho intramolecular Hbond substituents is 2. The van der Waals surface area contributed by atoms with Crippen LogP contribution in [-0.2, 0) is 24.7 Å². The Kier molecular flexibility index (Phi) is 10.1. The molecule has 8 rings (SSSR count). The smallest absolute Gasteiger partial charge is 0.407 e. The van der Waals surface area contributed by atoms with Crippen molar-refractivity contribution in [3.63, 3.8) is 0 Å². The lowest BCUT2D eigenvalue weighted by Gasteiger charge is -2.36. The molecule has 280 valence electrons. The van der Waals surface area contributed by atoms with Crippen molar-refractivity contribution in [3.05, 3.63) is 143 Å². The fraction of sp³-hybridized carbons (Fsp3) is 0.209. The van der Waals surface area contributed by atoms with Crippen molar-refractivity contribution < 1.29 is 48.7 Å². The van der Waals surface area contributed by atoms with E-state index in [1.54, 1.807) is 24.3 Å². The summed E-state index contributed by atoms with van der Waals surface area (Å²) in [7, 11) is 0. The number of nitrogens with one attached hydrogen (secondary N) is 2. The summed E-state index contributed by atoms with van der Waals surface area (Å²) in [5, 5.41) is 34.1. The largest absolute Gasteiger partial charge is 0.508 e. The van der Waals surface area contributed by atoms with Gasteiger partial charge in [-0.3, -0.25) is 4.79 Å². The van der Waals surface area contributed by atoms with Gasteiger partial charge in [0.2, 0.25) is 5.91 Å². The number of aliphatic carboxylic acids is 1. The zero-order valence-corrected chi connectivity index (χ0v) is 29.8. The van der Waals surface area contributed by atoms with Gasteiger partial charge in [0.25, 0.3) is 0 Å². The molecule has 55 heavy (non-hydrogen) atoms. The molecule has 1 spiro atoms. The van der Waals surface area contributed by atoms with Crippen LogP contribution in [0.15, 0.2) is 109 Å². The normalized spacial score (nSPS) is 14.3. The number of carboxylic acids is 1. The molecule has 3 aliphatic rings. The third kappa shape index (κ3) is 7.13. The summed E-state index contributed by atoms with van der Waals surface area (Å²) in [5.74, 6) is -0.903. The molecule has 0 bridgehead atoms. The molecular formula is C43H38N2O10. The number of amides is 2. The van der Waals surface area contributed by atoms with Gasteiger partial charge in [0.15, 0.2) is 5.60 Å². The van der Waals surface area contributed by atoms with Crippen LogP contribution in [0.2, 0.25) is 0 Å². The first-order chi connectivity index (χ1) is 26.6. The van der Waals surface area contributed by atoms with Crippen molar-refractivity contribution in [1.29, 1.82) is 0 Å². The van der Waals surface area contributed by atoms with Crippen LogP contribution < -0.4 is 15.4 Å². The number of benzene rings is 5. The molecule has 0 saturated carbocycles. The van der Waals surface area contributed by atoms with E-state index in [0.717, 1.165) is 22.3 Å². The summed E-state index contributed by atoms with van der Waals surface area (Å²) in [6.07, 6.45) is 0.710. The Morgan fingerprint density at radius 3 is 1.91 bits per heavy atom. The van der Waals surface area contributed by atoms with Crippen LogP contribution in [0.1, 0.15) is 70.3 Å². The van der Waals surface area contributed by atoms with E-state index in [1.807, 2.05) is 48.5 Å². The number of hydrogen-bond donors (Lipinski definition) is 5. The van der Waals surface area contributed by atoms with Crippen LogP contribution in [0.25, 0.3) is 11.1 Å². The summed E-state index contributed by atoms with van der Waals surface area (Å²) >= 11 is 0. The molecule has 2 aliphatic heterocycles. The highest BCUT2D eigenvalue weighted by molar-refractivity contribution is 5.97. The number of carbonyl (C=O) groups excluding carboxylic acids is 3. The van der Waals surface area contributed by atoms with Gasteiger partial charge in [-0.05, 0) is 71.8 Å². The molecule has 5 aromatic carbocycles. The molecule has 0 saturated heterocycles. The number of hydrogen-bond acceptors (Lipinski definition) is 9. The molecule has 0 fully saturated rings. The second-order valence-corrected chi connectivity index (χ2v) is 13.4. The number of rotatable bonds is 9. The van der Waals surface area contributed by atoms with Crippen LogP contribution >= 0.6 is 0 Å². The lowest BCUT2D eigenvalue weighted by molar-refractivity contribution is -0.139. The Morgan fingerprint density at radius 2 is 1.33 bits per heavy atom. The van der Waals surface area contributed by atoms with E-state index in [1.165, 1.54) is 31.2 Å². The van der Waals surface area contributed by atoms with Crippen molar-refractivity contribution in [1.82, 2.24) is 10.6 Å². The molecule has 2 amide bonds. The summed E-state index contributed by atoms with van der Waals surface area (Å²) in [5.41, 5.74) is 5.74. The minimum Gasteiger partial charge on any atom is -0.508 e. The lowest BCUT2D eigenvalue weighted by Crippen LogP contribution is -2.41. The maximum absolute atomic E-state index is 12.5. The van der Waals surface area contributed by atoms with Crippen LogP contribution in [0.4, 0.5) is 4.79 Å². The third-order valence-corrected chi connectivity index (χ3v) is 9.91. The predicted octanol–water partition coefficient (Wildman–Crippen LogP) is 6.95. The Bertz CT molecular complexity index is 2210. The summed E-state index contributed by atoms with van der Waals surface area (Å²) in [6.45, 7) is 2.04. The minimum absolute atomic E-state index is 0.0371. The quantitative estimate of drug-likeness (QED) is 0.0783. The number of alkyl carbamates (subject to hydrolysis) is 1. The molecule has 12 heteroatoms. The number of aromatic hydroxyl groups is 2. The van der Waals surface area contributed by atoms with E-state index in [-0.39, 0.29) is 36.4 Å². The second kappa shape index (κ2) is 15.3. The number of carbonyl (C=O) groups is 4. The summed E-state index contributed by atoms with van der Waals surface area (Å²) in [4.78, 5) is 47.1. The predicted molar refractivity (Wildman–Crippen MR) is 200 cm³/mol. The maximum atomic E-state index is 12.5. The second-order valence-electron chi connectivity index (χ2n) is 13.4. The average molecular weight is 743 g/mol. The van der Waals surface area contributed by atoms with E-state index >= 15 is 0 Å². The van der Waals surface area contributed by atoms with E-state index in [4.69, 9.17) is 14.2 Å². The molecule has 0 aromatic heterocycles. The number of phenols is 2. The van der Waals surface area contributed by atoms with E-state index in [9.17, 15) is 34.5 Å². The molecule has 2 heterocycles. The van der Waals surface area contributed by atoms with Gasteiger partial charge < -0.3 is 40.2 Å². The zero-order valence-electron chi connectivity index (χ0n) is 29.8. The first-order valence-electron chi connectivity index (χ1n) is 17.8. The van der Waals surface area contributed by atoms with Crippen molar-refractivity contribution in [2.75, 3.05) is 13.2 Å². The highest BCUT2D eigenvalue weighted by Crippen LogP contribution is 2.57. The van der Waals surface area contributed by atoms with Crippen molar-refractivity contribution in [3.8, 4) is 34.1 Å². The topological polar surface area (TPSA) is 181 Å². The molecule has 1 atom stereocenters. The Balaban J connectivity index is 0.000000171. The van der Waals surface area contributed by atoms with Crippen LogP contribution in [0.3, 0.4) is 0 Å². The molecular weight excluding hydrogens is 704 g/mol. The number of ether oxygens (including phenoxy) is 3. The number of unbranched alkanes of at least 4 members (excludes halogenated alkanes) is 1. The van der Waals surface area contributed by atoms with Crippen LogP contribution in [0.5, 0.6) is 23.0 Å². The van der Waals surface area contributed by atoms with Gasteiger partial charge in [0, 0.05) is 48.2 Å². The summed E-state index contributed by atoms with van der Waals surface area (Å²) < 4.78 is 17.2. The minimum atomic E-state index is -1.17. The van der Waals surface area contributed by atoms with E-state index in [2.05, 4.69) is 22.8 Å². The number of fused-ring (bicyclic) bond motifs is 9. The Morgan fingerprint density at radius 1 is 0.764 bits per heavy atom. The monoisotopic (exact) mass is 742 g/mol. The van der Waals surface area contributed by atoms with E-state index < -0.39 is 29.7 Å². The van der Waals surface area contributed by atoms with Gasteiger partial charge in [-0.25, -0.2) is 14.4 Å². The van der Waals surface area contributed by atoms with Gasteiger partial charge in [-0.2, -0.15) is 0 Å². The first kappa shape index (κ1) is 36.5. The van der Waals surface area contributed by atoms with Gasteiger partial charge in [-0.1, -0.05) is 66.7 Å². The maximum Gasteiger partial charge on any atom is 0.407 e. The van der Waals surface area contributed by atoms with Gasteiger partial charge in [0.1, 0.15) is 35.6 Å².